The highest BCUT2D eigenvalue weighted by Gasteiger charge is 2.53. The SMILES string of the molecule is O=C(NC1CCCCC1)[C@H]1C(=O)C(=O)N(C2CCCCC2)C(=O)[C@H]1NC1CCCCC1. The van der Waals surface area contributed by atoms with Gasteiger partial charge >= 0.3 is 0 Å². The molecule has 4 aliphatic rings. The topological polar surface area (TPSA) is 95.6 Å². The summed E-state index contributed by atoms with van der Waals surface area (Å²) in [6.45, 7) is 0. The number of likely N-dealkylation sites (tertiary alicyclic amines) is 1. The Morgan fingerprint density at radius 2 is 1.23 bits per heavy atom. The lowest BCUT2D eigenvalue weighted by atomic mass is 9.83. The predicted molar refractivity (Wildman–Crippen MR) is 116 cm³/mol. The van der Waals surface area contributed by atoms with Crippen LogP contribution in [0.25, 0.3) is 0 Å². The standard InChI is InChI=1S/C24H37N3O4/c28-21-19(22(29)26-17-12-6-2-7-13-17)20(25-16-10-4-1-5-11-16)23(30)27(24(21)31)18-14-8-3-9-15-18/h16-20,25H,1-15H2,(H,26,29)/t19-,20+/m1/s1. The molecule has 172 valence electrons. The van der Waals surface area contributed by atoms with Gasteiger partial charge in [-0.2, -0.15) is 0 Å². The number of carbonyl (C=O) groups excluding carboxylic acids is 4. The molecule has 0 unspecified atom stereocenters. The van der Waals surface area contributed by atoms with Crippen LogP contribution in [0.5, 0.6) is 0 Å². The molecule has 4 rings (SSSR count). The zero-order chi connectivity index (χ0) is 21.8. The fraction of sp³-hybridized carbons (Fsp3) is 0.833. The fourth-order valence-electron chi connectivity index (χ4n) is 5.98. The maximum atomic E-state index is 13.6. The van der Waals surface area contributed by atoms with E-state index in [0.717, 1.165) is 89.9 Å². The van der Waals surface area contributed by atoms with Crippen molar-refractivity contribution in [1.82, 2.24) is 15.5 Å². The molecule has 3 aliphatic carbocycles. The quantitative estimate of drug-likeness (QED) is 0.396. The minimum absolute atomic E-state index is 0.0333. The van der Waals surface area contributed by atoms with E-state index < -0.39 is 29.6 Å². The number of piperidine rings is 1. The third-order valence-corrected chi connectivity index (χ3v) is 7.74. The second-order valence-electron chi connectivity index (χ2n) is 9.97. The summed E-state index contributed by atoms with van der Waals surface area (Å²) in [7, 11) is 0. The molecule has 7 nitrogen and oxygen atoms in total. The van der Waals surface area contributed by atoms with E-state index in [2.05, 4.69) is 10.6 Å². The molecule has 0 aromatic carbocycles. The van der Waals surface area contributed by atoms with E-state index in [1.165, 1.54) is 11.3 Å². The third-order valence-electron chi connectivity index (χ3n) is 7.74. The molecule has 7 heteroatoms. The van der Waals surface area contributed by atoms with Crippen molar-refractivity contribution >= 4 is 23.5 Å². The average molecular weight is 432 g/mol. The zero-order valence-electron chi connectivity index (χ0n) is 18.6. The van der Waals surface area contributed by atoms with Crippen molar-refractivity contribution in [3.63, 3.8) is 0 Å². The van der Waals surface area contributed by atoms with Crippen molar-refractivity contribution in [2.75, 3.05) is 0 Å². The number of hydrogen-bond acceptors (Lipinski definition) is 5. The Bertz CT molecular complexity index is 691. The van der Waals surface area contributed by atoms with Crippen LogP contribution in [0.15, 0.2) is 0 Å². The van der Waals surface area contributed by atoms with Gasteiger partial charge in [-0.05, 0) is 38.5 Å². The van der Waals surface area contributed by atoms with E-state index in [4.69, 9.17) is 0 Å². The third kappa shape index (κ3) is 5.02. The van der Waals surface area contributed by atoms with Gasteiger partial charge in [0, 0.05) is 18.1 Å². The van der Waals surface area contributed by atoms with Crippen LogP contribution in [0.1, 0.15) is 96.3 Å². The Balaban J connectivity index is 1.56. The van der Waals surface area contributed by atoms with Gasteiger partial charge in [0.1, 0.15) is 12.0 Å². The molecule has 3 saturated carbocycles. The van der Waals surface area contributed by atoms with Crippen molar-refractivity contribution in [2.24, 2.45) is 5.92 Å². The van der Waals surface area contributed by atoms with Crippen LogP contribution in [-0.2, 0) is 19.2 Å². The first-order valence-electron chi connectivity index (χ1n) is 12.5. The molecule has 1 aliphatic heterocycles. The average Bonchev–Trinajstić information content (AvgIpc) is 2.80. The molecule has 4 fully saturated rings. The van der Waals surface area contributed by atoms with Crippen molar-refractivity contribution in [3.8, 4) is 0 Å². The van der Waals surface area contributed by atoms with Crippen LogP contribution in [0, 0.1) is 5.92 Å². The van der Waals surface area contributed by atoms with Gasteiger partial charge in [0.25, 0.3) is 5.91 Å². The molecule has 0 aromatic rings. The Morgan fingerprint density at radius 1 is 0.710 bits per heavy atom. The largest absolute Gasteiger partial charge is 0.353 e. The molecule has 3 amide bonds. The number of Topliss-reactive ketones (excluding diaryl/α,β-unsaturated/α-hetero) is 1. The van der Waals surface area contributed by atoms with Crippen molar-refractivity contribution in [2.45, 2.75) is 120 Å². The van der Waals surface area contributed by atoms with Gasteiger partial charge in [-0.15, -0.1) is 0 Å². The lowest BCUT2D eigenvalue weighted by Crippen LogP contribution is -2.68. The van der Waals surface area contributed by atoms with E-state index in [1.807, 2.05) is 0 Å². The molecule has 2 atom stereocenters. The number of hydrogen-bond donors (Lipinski definition) is 2. The molecule has 1 saturated heterocycles. The number of imide groups is 1. The number of amides is 3. The maximum Gasteiger partial charge on any atom is 0.297 e. The Morgan fingerprint density at radius 3 is 1.81 bits per heavy atom. The molecule has 1 heterocycles. The van der Waals surface area contributed by atoms with E-state index in [9.17, 15) is 19.2 Å². The molecule has 0 aromatic heterocycles. The van der Waals surface area contributed by atoms with E-state index in [1.54, 1.807) is 0 Å². The summed E-state index contributed by atoms with van der Waals surface area (Å²) < 4.78 is 0. The van der Waals surface area contributed by atoms with Gasteiger partial charge < -0.3 is 10.6 Å². The van der Waals surface area contributed by atoms with Gasteiger partial charge in [-0.3, -0.25) is 24.1 Å². The normalized spacial score (nSPS) is 29.9. The van der Waals surface area contributed by atoms with E-state index >= 15 is 0 Å². The summed E-state index contributed by atoms with van der Waals surface area (Å²) in [5, 5.41) is 6.37. The van der Waals surface area contributed by atoms with Crippen molar-refractivity contribution in [3.05, 3.63) is 0 Å². The van der Waals surface area contributed by atoms with Crippen molar-refractivity contribution < 1.29 is 19.2 Å². The smallest absolute Gasteiger partial charge is 0.297 e. The monoisotopic (exact) mass is 431 g/mol. The van der Waals surface area contributed by atoms with Crippen LogP contribution >= 0.6 is 0 Å². The van der Waals surface area contributed by atoms with Gasteiger partial charge in [-0.25, -0.2) is 0 Å². The molecular formula is C24H37N3O4. The molecule has 2 N–H and O–H groups in total. The number of rotatable bonds is 5. The lowest BCUT2D eigenvalue weighted by Gasteiger charge is -2.42. The molecule has 31 heavy (non-hydrogen) atoms. The second kappa shape index (κ2) is 10.2. The molecular weight excluding hydrogens is 394 g/mol. The van der Waals surface area contributed by atoms with Gasteiger partial charge in [0.05, 0.1) is 0 Å². The highest BCUT2D eigenvalue weighted by molar-refractivity contribution is 6.45. The summed E-state index contributed by atoms with van der Waals surface area (Å²) in [6, 6.07) is -0.998. The summed E-state index contributed by atoms with van der Waals surface area (Å²) >= 11 is 0. The first kappa shape index (κ1) is 22.4. The zero-order valence-corrected chi connectivity index (χ0v) is 18.6. The molecule has 0 radical (unpaired) electrons. The van der Waals surface area contributed by atoms with E-state index in [0.29, 0.717) is 0 Å². The van der Waals surface area contributed by atoms with E-state index in [-0.39, 0.29) is 24.0 Å². The second-order valence-corrected chi connectivity index (χ2v) is 9.97. The van der Waals surface area contributed by atoms with Crippen LogP contribution in [0.2, 0.25) is 0 Å². The summed E-state index contributed by atoms with van der Waals surface area (Å²) in [5.74, 6) is -3.56. The highest BCUT2D eigenvalue weighted by Crippen LogP contribution is 2.30. The maximum absolute atomic E-state index is 13.6. The highest BCUT2D eigenvalue weighted by atomic mass is 16.2. The lowest BCUT2D eigenvalue weighted by molar-refractivity contribution is -0.166. The number of ketones is 1. The number of nitrogens with zero attached hydrogens (tertiary/aromatic N) is 1. The molecule has 0 bridgehead atoms. The van der Waals surface area contributed by atoms with Crippen LogP contribution in [0.3, 0.4) is 0 Å². The van der Waals surface area contributed by atoms with Crippen LogP contribution in [0.4, 0.5) is 0 Å². The van der Waals surface area contributed by atoms with Crippen LogP contribution < -0.4 is 10.6 Å². The van der Waals surface area contributed by atoms with Crippen molar-refractivity contribution in [1.29, 1.82) is 0 Å². The fourth-order valence-corrected chi connectivity index (χ4v) is 5.98. The summed E-state index contributed by atoms with van der Waals surface area (Å²) in [6.07, 6.45) is 14.8. The number of nitrogens with one attached hydrogen (secondary N) is 2. The Kier molecular flexibility index (Phi) is 7.41. The van der Waals surface area contributed by atoms with Gasteiger partial charge in [0.15, 0.2) is 0 Å². The Hall–Kier alpha value is -1.76. The summed E-state index contributed by atoms with van der Waals surface area (Å²) in [4.78, 5) is 54.2. The van der Waals surface area contributed by atoms with Gasteiger partial charge in [0.2, 0.25) is 17.6 Å². The predicted octanol–water partition coefficient (Wildman–Crippen LogP) is 2.61. The Labute approximate surface area is 185 Å². The first-order chi connectivity index (χ1) is 15.1. The molecule has 0 spiro atoms. The van der Waals surface area contributed by atoms with Gasteiger partial charge in [-0.1, -0.05) is 57.8 Å². The minimum Gasteiger partial charge on any atom is -0.353 e. The van der Waals surface area contributed by atoms with Crippen LogP contribution in [-0.4, -0.2) is 52.6 Å². The summed E-state index contributed by atoms with van der Waals surface area (Å²) in [5.41, 5.74) is 0. The minimum atomic E-state index is -1.25. The first-order valence-corrected chi connectivity index (χ1v) is 12.5. The number of carbonyl (C=O) groups is 4.